The molecule has 1 rings (SSSR count). The van der Waals surface area contributed by atoms with Gasteiger partial charge in [-0.25, -0.2) is 0 Å². The third-order valence-corrected chi connectivity index (χ3v) is 3.04. The normalized spacial score (nSPS) is 10.1. The molecule has 20 heavy (non-hydrogen) atoms. The quantitative estimate of drug-likeness (QED) is 0.723. The summed E-state index contributed by atoms with van der Waals surface area (Å²) in [5, 5.41) is 6.25. The summed E-state index contributed by atoms with van der Waals surface area (Å²) < 4.78 is 0. The highest BCUT2D eigenvalue weighted by Crippen LogP contribution is 2.12. The molecule has 0 heterocycles. The molecule has 110 valence electrons. The number of aryl methyl sites for hydroxylation is 1. The van der Waals surface area contributed by atoms with Crippen molar-refractivity contribution in [3.63, 3.8) is 0 Å². The first-order chi connectivity index (χ1) is 9.58. The Kier molecular flexibility index (Phi) is 7.73. The van der Waals surface area contributed by atoms with E-state index < -0.39 is 0 Å². The number of rotatable bonds is 8. The summed E-state index contributed by atoms with van der Waals surface area (Å²) in [4.78, 5) is 22.2. The van der Waals surface area contributed by atoms with E-state index in [-0.39, 0.29) is 11.8 Å². The molecule has 0 aromatic heterocycles. The van der Waals surface area contributed by atoms with Gasteiger partial charge in [0.05, 0.1) is 0 Å². The van der Waals surface area contributed by atoms with Crippen molar-refractivity contribution in [3.05, 3.63) is 34.9 Å². The Hall–Kier alpha value is -1.55. The number of hydrogen-bond donors (Lipinski definition) is 2. The molecule has 0 aliphatic carbocycles. The van der Waals surface area contributed by atoms with E-state index in [4.69, 9.17) is 11.6 Å². The molecule has 0 atom stereocenters. The van der Waals surface area contributed by atoms with Crippen LogP contribution >= 0.6 is 11.6 Å². The molecule has 0 radical (unpaired) electrons. The summed E-state index contributed by atoms with van der Waals surface area (Å²) >= 11 is 5.90. The van der Waals surface area contributed by atoms with Gasteiger partial charge < -0.3 is 10.6 Å². The lowest BCUT2D eigenvalue weighted by Crippen LogP contribution is -2.28. The van der Waals surface area contributed by atoms with E-state index in [1.807, 2.05) is 24.3 Å². The van der Waals surface area contributed by atoms with Crippen LogP contribution in [0.5, 0.6) is 0 Å². The first-order valence-corrected chi connectivity index (χ1v) is 7.21. The van der Waals surface area contributed by atoms with Gasteiger partial charge in [-0.05, 0) is 37.0 Å². The van der Waals surface area contributed by atoms with Gasteiger partial charge in [0, 0.05) is 31.5 Å². The van der Waals surface area contributed by atoms with Crippen LogP contribution in [0.1, 0.15) is 31.7 Å². The van der Waals surface area contributed by atoms with E-state index in [1.54, 1.807) is 0 Å². The van der Waals surface area contributed by atoms with Crippen molar-refractivity contribution in [1.82, 2.24) is 10.6 Å². The Morgan fingerprint density at radius 1 is 1.15 bits per heavy atom. The molecule has 5 heteroatoms. The lowest BCUT2D eigenvalue weighted by atomic mass is 10.1. The Bertz CT molecular complexity index is 449. The molecule has 2 amide bonds. The van der Waals surface area contributed by atoms with E-state index in [0.717, 1.165) is 29.8 Å². The van der Waals surface area contributed by atoms with Crippen LogP contribution in [-0.2, 0) is 16.0 Å². The summed E-state index contributed by atoms with van der Waals surface area (Å²) in [5.41, 5.74) is 1.15. The van der Waals surface area contributed by atoms with Gasteiger partial charge in [0.25, 0.3) is 0 Å². The molecule has 2 N–H and O–H groups in total. The average Bonchev–Trinajstić information content (AvgIpc) is 2.38. The number of nitrogens with one attached hydrogen (secondary N) is 2. The minimum atomic E-state index is -0.0437. The van der Waals surface area contributed by atoms with Crippen LogP contribution in [-0.4, -0.2) is 24.9 Å². The zero-order valence-corrected chi connectivity index (χ0v) is 12.5. The SMILES string of the molecule is CC(=O)NCCCNC(=O)CCCc1cccc(Cl)c1. The number of amides is 2. The fourth-order valence-corrected chi connectivity index (χ4v) is 2.03. The van der Waals surface area contributed by atoms with Crippen molar-refractivity contribution in [2.45, 2.75) is 32.6 Å². The third kappa shape index (κ3) is 7.79. The molecule has 0 aliphatic rings. The van der Waals surface area contributed by atoms with Crippen molar-refractivity contribution in [3.8, 4) is 0 Å². The number of carbonyl (C=O) groups is 2. The van der Waals surface area contributed by atoms with Crippen LogP contribution in [0.3, 0.4) is 0 Å². The van der Waals surface area contributed by atoms with Crippen molar-refractivity contribution < 1.29 is 9.59 Å². The zero-order valence-electron chi connectivity index (χ0n) is 11.7. The first-order valence-electron chi connectivity index (χ1n) is 6.83. The second kappa shape index (κ2) is 9.37. The highest BCUT2D eigenvalue weighted by Gasteiger charge is 2.01. The van der Waals surface area contributed by atoms with Gasteiger partial charge >= 0.3 is 0 Å². The fourth-order valence-electron chi connectivity index (χ4n) is 1.81. The lowest BCUT2D eigenvalue weighted by Gasteiger charge is -2.06. The molecule has 1 aromatic rings. The summed E-state index contributed by atoms with van der Waals surface area (Å²) in [5.74, 6) is 0.00713. The number of halogens is 1. The smallest absolute Gasteiger partial charge is 0.220 e. The Morgan fingerprint density at radius 3 is 2.60 bits per heavy atom. The van der Waals surface area contributed by atoms with Gasteiger partial charge in [0.15, 0.2) is 0 Å². The lowest BCUT2D eigenvalue weighted by molar-refractivity contribution is -0.121. The van der Waals surface area contributed by atoms with Crippen LogP contribution in [0.4, 0.5) is 0 Å². The molecular formula is C15H21ClN2O2. The molecule has 0 saturated carbocycles. The highest BCUT2D eigenvalue weighted by atomic mass is 35.5. The molecular weight excluding hydrogens is 276 g/mol. The van der Waals surface area contributed by atoms with Gasteiger partial charge in [-0.3, -0.25) is 9.59 Å². The standard InChI is InChI=1S/C15H21ClN2O2/c1-12(19)17-9-4-10-18-15(20)8-3-6-13-5-2-7-14(16)11-13/h2,5,7,11H,3-4,6,8-10H2,1H3,(H,17,19)(H,18,20). The number of benzene rings is 1. The largest absolute Gasteiger partial charge is 0.356 e. The molecule has 4 nitrogen and oxygen atoms in total. The molecule has 0 bridgehead atoms. The van der Waals surface area contributed by atoms with Gasteiger partial charge in [-0.2, -0.15) is 0 Å². The maximum Gasteiger partial charge on any atom is 0.220 e. The molecule has 0 saturated heterocycles. The minimum absolute atomic E-state index is 0.0437. The van der Waals surface area contributed by atoms with Gasteiger partial charge in [-0.15, -0.1) is 0 Å². The van der Waals surface area contributed by atoms with Crippen molar-refractivity contribution in [1.29, 1.82) is 0 Å². The van der Waals surface area contributed by atoms with Crippen LogP contribution in [0.15, 0.2) is 24.3 Å². The van der Waals surface area contributed by atoms with Crippen molar-refractivity contribution in [2.75, 3.05) is 13.1 Å². The van der Waals surface area contributed by atoms with E-state index in [9.17, 15) is 9.59 Å². The van der Waals surface area contributed by atoms with Gasteiger partial charge in [-0.1, -0.05) is 23.7 Å². The van der Waals surface area contributed by atoms with E-state index >= 15 is 0 Å². The predicted molar refractivity (Wildman–Crippen MR) is 80.7 cm³/mol. The molecule has 1 aromatic carbocycles. The van der Waals surface area contributed by atoms with Gasteiger partial charge in [0.2, 0.25) is 11.8 Å². The van der Waals surface area contributed by atoms with E-state index in [2.05, 4.69) is 10.6 Å². The second-order valence-electron chi connectivity index (χ2n) is 4.67. The van der Waals surface area contributed by atoms with Crippen LogP contribution in [0.2, 0.25) is 5.02 Å². The topological polar surface area (TPSA) is 58.2 Å². The average molecular weight is 297 g/mol. The molecule has 0 unspecified atom stereocenters. The number of hydrogen-bond acceptors (Lipinski definition) is 2. The summed E-state index contributed by atoms with van der Waals surface area (Å²) in [7, 11) is 0. The highest BCUT2D eigenvalue weighted by molar-refractivity contribution is 6.30. The first kappa shape index (κ1) is 16.5. The predicted octanol–water partition coefficient (Wildman–Crippen LogP) is 2.31. The summed E-state index contributed by atoms with van der Waals surface area (Å²) in [6.07, 6.45) is 2.91. The molecule has 0 spiro atoms. The minimum Gasteiger partial charge on any atom is -0.356 e. The molecule has 0 aliphatic heterocycles. The Balaban J connectivity index is 2.07. The van der Waals surface area contributed by atoms with Crippen LogP contribution < -0.4 is 10.6 Å². The van der Waals surface area contributed by atoms with E-state index in [1.165, 1.54) is 6.92 Å². The third-order valence-electron chi connectivity index (χ3n) is 2.81. The maximum atomic E-state index is 11.6. The van der Waals surface area contributed by atoms with E-state index in [0.29, 0.717) is 19.5 Å². The summed E-state index contributed by atoms with van der Waals surface area (Å²) in [6, 6.07) is 7.69. The maximum absolute atomic E-state index is 11.6. The monoisotopic (exact) mass is 296 g/mol. The Morgan fingerprint density at radius 2 is 1.90 bits per heavy atom. The van der Waals surface area contributed by atoms with Crippen LogP contribution in [0.25, 0.3) is 0 Å². The fraction of sp³-hybridized carbons (Fsp3) is 0.467. The van der Waals surface area contributed by atoms with Crippen molar-refractivity contribution in [2.24, 2.45) is 0 Å². The zero-order chi connectivity index (χ0) is 14.8. The number of carbonyl (C=O) groups excluding carboxylic acids is 2. The van der Waals surface area contributed by atoms with Crippen molar-refractivity contribution >= 4 is 23.4 Å². The Labute approximate surface area is 124 Å². The molecule has 0 fully saturated rings. The van der Waals surface area contributed by atoms with Gasteiger partial charge in [0.1, 0.15) is 0 Å². The second-order valence-corrected chi connectivity index (χ2v) is 5.11. The summed E-state index contributed by atoms with van der Waals surface area (Å²) in [6.45, 7) is 2.67. The van der Waals surface area contributed by atoms with Crippen LogP contribution in [0, 0.1) is 0 Å².